The van der Waals surface area contributed by atoms with E-state index in [0.717, 1.165) is 31.1 Å². The van der Waals surface area contributed by atoms with Crippen molar-refractivity contribution in [1.29, 1.82) is 5.26 Å². The first-order chi connectivity index (χ1) is 20.6. The smallest absolute Gasteiger partial charge is 0.359 e. The number of thiazole rings is 1. The molecule has 2 saturated carbocycles. The van der Waals surface area contributed by atoms with Gasteiger partial charge < -0.3 is 20.8 Å². The molecule has 0 bridgehead atoms. The second-order valence-electron chi connectivity index (χ2n) is 11.4. The van der Waals surface area contributed by atoms with Crippen molar-refractivity contribution in [3.8, 4) is 17.3 Å². The maximum Gasteiger partial charge on any atom is 0.493 e. The third-order valence-electron chi connectivity index (χ3n) is 8.27. The molecule has 2 heterocycles. The molecule has 1 aromatic carbocycles. The first-order valence-electron chi connectivity index (χ1n) is 14.4. The van der Waals surface area contributed by atoms with Crippen molar-refractivity contribution in [3.63, 3.8) is 0 Å². The van der Waals surface area contributed by atoms with Gasteiger partial charge in [-0.2, -0.15) is 23.5 Å². The third kappa shape index (κ3) is 7.45. The summed E-state index contributed by atoms with van der Waals surface area (Å²) in [6.07, 6.45) is -0.454. The van der Waals surface area contributed by atoms with Crippen molar-refractivity contribution in [1.82, 2.24) is 20.7 Å². The van der Waals surface area contributed by atoms with Crippen molar-refractivity contribution in [2.45, 2.75) is 69.6 Å². The average Bonchev–Trinajstić information content (AvgIpc) is 3.66. The Hall–Kier alpha value is -3.70. The van der Waals surface area contributed by atoms with E-state index < -0.39 is 41.3 Å². The highest BCUT2D eigenvalue weighted by Crippen LogP contribution is 2.44. The van der Waals surface area contributed by atoms with Crippen LogP contribution in [0.1, 0.15) is 61.7 Å². The van der Waals surface area contributed by atoms with Gasteiger partial charge >= 0.3 is 12.1 Å². The van der Waals surface area contributed by atoms with Crippen molar-refractivity contribution in [2.75, 3.05) is 25.0 Å². The molecular formula is C29H33F3N6O4S. The molecular weight excluding hydrogens is 585 g/mol. The van der Waals surface area contributed by atoms with Gasteiger partial charge in [-0.25, -0.2) is 9.78 Å². The normalized spacial score (nSPS) is 21.7. The van der Waals surface area contributed by atoms with Crippen LogP contribution < -0.4 is 16.0 Å². The van der Waals surface area contributed by atoms with Gasteiger partial charge in [-0.1, -0.05) is 25.0 Å². The molecule has 0 radical (unpaired) electrons. The van der Waals surface area contributed by atoms with Crippen molar-refractivity contribution < 1.29 is 32.4 Å². The summed E-state index contributed by atoms with van der Waals surface area (Å²) in [4.78, 5) is 48.0. The number of rotatable bonds is 8. The quantitative estimate of drug-likeness (QED) is 0.370. The predicted molar refractivity (Wildman–Crippen MR) is 151 cm³/mol. The minimum absolute atomic E-state index is 0.00634. The summed E-state index contributed by atoms with van der Waals surface area (Å²) in [6.45, 7) is 2.00. The number of hydrogen-bond acceptors (Lipinski definition) is 9. The van der Waals surface area contributed by atoms with Crippen LogP contribution in [0.15, 0.2) is 29.6 Å². The van der Waals surface area contributed by atoms with E-state index in [9.17, 15) is 32.8 Å². The zero-order valence-corrected chi connectivity index (χ0v) is 24.2. The van der Waals surface area contributed by atoms with Crippen molar-refractivity contribution in [3.05, 3.63) is 35.2 Å². The summed E-state index contributed by atoms with van der Waals surface area (Å²) in [5.74, 6) is -4.90. The number of hydrogen-bond donors (Lipinski definition) is 3. The largest absolute Gasteiger partial charge is 0.493 e. The highest BCUT2D eigenvalue weighted by molar-refractivity contribution is 7.14. The van der Waals surface area contributed by atoms with Gasteiger partial charge in [0.15, 0.2) is 5.13 Å². The van der Waals surface area contributed by atoms with E-state index in [4.69, 9.17) is 0 Å². The lowest BCUT2D eigenvalue weighted by Gasteiger charge is -2.37. The van der Waals surface area contributed by atoms with E-state index in [-0.39, 0.29) is 18.5 Å². The Morgan fingerprint density at radius 1 is 1.12 bits per heavy atom. The van der Waals surface area contributed by atoms with Crippen LogP contribution in [0.5, 0.6) is 0 Å². The van der Waals surface area contributed by atoms with Crippen LogP contribution in [-0.4, -0.2) is 65.7 Å². The number of carbonyl (C=O) groups is 3. The number of piperidine rings is 1. The molecule has 2 aromatic rings. The van der Waals surface area contributed by atoms with Gasteiger partial charge in [-0.05, 0) is 63.7 Å². The summed E-state index contributed by atoms with van der Waals surface area (Å²) in [5.41, 5.74) is 0.747. The number of benzene rings is 1. The number of carbonyl (C=O) groups excluding carboxylic acids is 3. The molecule has 1 saturated heterocycles. The molecule has 14 heteroatoms. The topological polar surface area (TPSA) is 136 Å². The van der Waals surface area contributed by atoms with Crippen LogP contribution in [0, 0.1) is 22.7 Å². The molecule has 1 aliphatic heterocycles. The fraction of sp³-hybridized carbons (Fsp3) is 0.552. The Kier molecular flexibility index (Phi) is 9.22. The molecule has 3 fully saturated rings. The minimum Gasteiger partial charge on any atom is -0.359 e. The zero-order valence-electron chi connectivity index (χ0n) is 23.4. The Labute approximate surface area is 250 Å². The second kappa shape index (κ2) is 12.9. The van der Waals surface area contributed by atoms with Gasteiger partial charge in [0.25, 0.3) is 5.91 Å². The zero-order chi connectivity index (χ0) is 30.6. The Morgan fingerprint density at radius 2 is 1.81 bits per heavy atom. The molecule has 2 amide bonds. The fourth-order valence-corrected chi connectivity index (χ4v) is 6.29. The SMILES string of the molecule is N#CC1(CNC(=O)[C@@H]2CCCC[C@@H]2N(OC(=O)C(F)(F)F)C(=O)c2ccc(-c3csc(NC4CCNCC4)n3)cc2)CC1. The highest BCUT2D eigenvalue weighted by atomic mass is 32.1. The molecule has 2 atom stereocenters. The van der Waals surface area contributed by atoms with Crippen molar-refractivity contribution >= 4 is 34.3 Å². The van der Waals surface area contributed by atoms with Crippen LogP contribution in [0.3, 0.4) is 0 Å². The number of alkyl halides is 3. The number of hydroxylamine groups is 2. The maximum absolute atomic E-state index is 13.6. The van der Waals surface area contributed by atoms with E-state index in [1.165, 1.54) is 23.5 Å². The minimum atomic E-state index is -5.34. The molecule has 3 aliphatic rings. The molecule has 1 aromatic heterocycles. The molecule has 3 N–H and O–H groups in total. The van der Waals surface area contributed by atoms with Gasteiger partial charge in [0.2, 0.25) is 5.91 Å². The predicted octanol–water partition coefficient (Wildman–Crippen LogP) is 4.42. The Balaban J connectivity index is 1.33. The number of halogens is 3. The molecule has 10 nitrogen and oxygen atoms in total. The lowest BCUT2D eigenvalue weighted by Crippen LogP contribution is -2.53. The Morgan fingerprint density at radius 3 is 2.47 bits per heavy atom. The molecule has 0 spiro atoms. The van der Waals surface area contributed by atoms with Gasteiger partial charge in [0.1, 0.15) is 0 Å². The lowest BCUT2D eigenvalue weighted by molar-refractivity contribution is -0.237. The van der Waals surface area contributed by atoms with Crippen LogP contribution >= 0.6 is 11.3 Å². The number of amides is 2. The van der Waals surface area contributed by atoms with Gasteiger partial charge in [-0.3, -0.25) is 9.59 Å². The average molecular weight is 619 g/mol. The van der Waals surface area contributed by atoms with Crippen molar-refractivity contribution in [2.24, 2.45) is 11.3 Å². The van der Waals surface area contributed by atoms with E-state index in [2.05, 4.69) is 31.8 Å². The maximum atomic E-state index is 13.6. The lowest BCUT2D eigenvalue weighted by atomic mass is 9.83. The Bertz CT molecular complexity index is 1370. The molecule has 2 aliphatic carbocycles. The number of nitrogens with one attached hydrogen (secondary N) is 3. The fourth-order valence-electron chi connectivity index (χ4n) is 5.49. The summed E-state index contributed by atoms with van der Waals surface area (Å²) in [6, 6.07) is 7.54. The number of aromatic nitrogens is 1. The van der Waals surface area contributed by atoms with Gasteiger partial charge in [0, 0.05) is 29.1 Å². The molecule has 43 heavy (non-hydrogen) atoms. The van der Waals surface area contributed by atoms with Crippen LogP contribution in [0.4, 0.5) is 18.3 Å². The van der Waals surface area contributed by atoms with E-state index in [0.29, 0.717) is 54.5 Å². The van der Waals surface area contributed by atoms with E-state index in [1.54, 1.807) is 12.1 Å². The van der Waals surface area contributed by atoms with Crippen LogP contribution in [-0.2, 0) is 14.4 Å². The summed E-state index contributed by atoms with van der Waals surface area (Å²) < 4.78 is 39.8. The summed E-state index contributed by atoms with van der Waals surface area (Å²) in [7, 11) is 0. The van der Waals surface area contributed by atoms with Crippen LogP contribution in [0.25, 0.3) is 11.3 Å². The van der Waals surface area contributed by atoms with E-state index >= 15 is 0 Å². The molecule has 5 rings (SSSR count). The second-order valence-corrected chi connectivity index (χ2v) is 12.2. The number of nitrogens with zero attached hydrogens (tertiary/aromatic N) is 3. The van der Waals surface area contributed by atoms with Gasteiger partial charge in [-0.15, -0.1) is 11.3 Å². The van der Waals surface area contributed by atoms with E-state index in [1.807, 2.05) is 5.38 Å². The first-order valence-corrected chi connectivity index (χ1v) is 15.3. The third-order valence-corrected chi connectivity index (χ3v) is 9.04. The standard InChI is InChI=1S/C29H33F3N6O4S/c30-29(31,32)26(41)42-38(23-4-2-1-3-21(23)24(39)35-17-28(16-33)11-12-28)25(40)19-7-5-18(6-8-19)22-15-43-27(37-22)36-20-9-13-34-14-10-20/h5-8,15,20-21,23,34H,1-4,9-14,17H2,(H,35,39)(H,36,37)/t21-,23+/m1/s1. The summed E-state index contributed by atoms with van der Waals surface area (Å²) in [5, 5.41) is 21.9. The summed E-state index contributed by atoms with van der Waals surface area (Å²) >= 11 is 1.46. The van der Waals surface area contributed by atoms with Crippen LogP contribution in [0.2, 0.25) is 0 Å². The molecule has 230 valence electrons. The first kappa shape index (κ1) is 30.7. The highest BCUT2D eigenvalue weighted by Gasteiger charge is 2.48. The number of nitriles is 1. The molecule has 0 unspecified atom stereocenters. The van der Waals surface area contributed by atoms with Gasteiger partial charge in [0.05, 0.1) is 29.1 Å². The monoisotopic (exact) mass is 618 g/mol. The number of anilines is 1.